The number of anilines is 1. The fourth-order valence-electron chi connectivity index (χ4n) is 1.87. The normalized spacial score (nSPS) is 10.2. The Morgan fingerprint density at radius 2 is 2.12 bits per heavy atom. The van der Waals surface area contributed by atoms with Crippen molar-refractivity contribution in [1.82, 2.24) is 0 Å². The highest BCUT2D eigenvalue weighted by Gasteiger charge is 2.04. The number of benzene rings is 1. The Morgan fingerprint density at radius 3 is 2.71 bits per heavy atom. The molecule has 3 nitrogen and oxygen atoms in total. The van der Waals surface area contributed by atoms with Crippen LogP contribution in [0, 0.1) is 6.92 Å². The molecule has 0 saturated heterocycles. The maximum Gasteiger partial charge on any atom is 0.303 e. The van der Waals surface area contributed by atoms with Crippen LogP contribution in [0.3, 0.4) is 0 Å². The van der Waals surface area contributed by atoms with Crippen LogP contribution in [0.5, 0.6) is 0 Å². The van der Waals surface area contributed by atoms with Gasteiger partial charge in [-0.2, -0.15) is 0 Å². The van der Waals surface area contributed by atoms with Crippen LogP contribution in [-0.2, 0) is 4.79 Å². The number of unbranched alkanes of at least 4 members (excludes halogenated alkanes) is 1. The average molecular weight is 235 g/mol. The van der Waals surface area contributed by atoms with Crippen molar-refractivity contribution in [2.24, 2.45) is 0 Å². The first-order chi connectivity index (χ1) is 8.13. The van der Waals surface area contributed by atoms with E-state index in [1.165, 1.54) is 11.3 Å². The third-order valence-electron chi connectivity index (χ3n) is 2.82. The molecule has 0 aliphatic rings. The molecule has 0 bridgehead atoms. The Balaban J connectivity index is 2.45. The first-order valence-corrected chi connectivity index (χ1v) is 6.17. The lowest BCUT2D eigenvalue weighted by atomic mass is 10.2. The van der Waals surface area contributed by atoms with Gasteiger partial charge in [0.15, 0.2) is 0 Å². The minimum atomic E-state index is -0.705. The maximum absolute atomic E-state index is 10.4. The topological polar surface area (TPSA) is 40.5 Å². The number of aliphatic carboxylic acids is 1. The Morgan fingerprint density at radius 1 is 1.35 bits per heavy atom. The van der Waals surface area contributed by atoms with E-state index >= 15 is 0 Å². The fraction of sp³-hybridized carbons (Fsp3) is 0.500. The lowest BCUT2D eigenvalue weighted by molar-refractivity contribution is -0.137. The van der Waals surface area contributed by atoms with Gasteiger partial charge in [-0.15, -0.1) is 0 Å². The number of carbonyl (C=O) groups is 1. The van der Waals surface area contributed by atoms with E-state index in [-0.39, 0.29) is 6.42 Å². The highest BCUT2D eigenvalue weighted by atomic mass is 16.4. The summed E-state index contributed by atoms with van der Waals surface area (Å²) in [7, 11) is 0. The molecule has 0 saturated carbocycles. The van der Waals surface area contributed by atoms with Gasteiger partial charge in [-0.3, -0.25) is 4.79 Å². The molecule has 0 radical (unpaired) electrons. The molecule has 1 rings (SSSR count). The Kier molecular flexibility index (Phi) is 5.53. The van der Waals surface area contributed by atoms with Gasteiger partial charge in [0.1, 0.15) is 0 Å². The van der Waals surface area contributed by atoms with Crippen molar-refractivity contribution in [1.29, 1.82) is 0 Å². The van der Waals surface area contributed by atoms with Gasteiger partial charge < -0.3 is 10.0 Å². The van der Waals surface area contributed by atoms with Gasteiger partial charge in [-0.25, -0.2) is 0 Å². The molecular formula is C14H21NO2. The molecule has 94 valence electrons. The summed E-state index contributed by atoms with van der Waals surface area (Å²) in [5, 5.41) is 8.58. The van der Waals surface area contributed by atoms with Gasteiger partial charge in [0.25, 0.3) is 0 Å². The Hall–Kier alpha value is -1.51. The molecule has 0 unspecified atom stereocenters. The lowest BCUT2D eigenvalue weighted by Gasteiger charge is -2.23. The molecule has 1 N–H and O–H groups in total. The first-order valence-electron chi connectivity index (χ1n) is 6.17. The minimum Gasteiger partial charge on any atom is -0.481 e. The van der Waals surface area contributed by atoms with Crippen LogP contribution in [0.2, 0.25) is 0 Å². The van der Waals surface area contributed by atoms with Gasteiger partial charge in [0.2, 0.25) is 0 Å². The van der Waals surface area contributed by atoms with Crippen LogP contribution in [0.4, 0.5) is 5.69 Å². The second-order valence-corrected chi connectivity index (χ2v) is 4.27. The van der Waals surface area contributed by atoms with Gasteiger partial charge in [0, 0.05) is 25.2 Å². The fourth-order valence-corrected chi connectivity index (χ4v) is 1.87. The zero-order chi connectivity index (χ0) is 12.7. The summed E-state index contributed by atoms with van der Waals surface area (Å²) < 4.78 is 0. The van der Waals surface area contributed by atoms with Gasteiger partial charge in [0.05, 0.1) is 0 Å². The summed E-state index contributed by atoms with van der Waals surface area (Å²) in [6.07, 6.45) is 1.94. The lowest BCUT2D eigenvalue weighted by Crippen LogP contribution is -2.24. The van der Waals surface area contributed by atoms with Crippen molar-refractivity contribution < 1.29 is 9.90 Å². The molecular weight excluding hydrogens is 214 g/mol. The predicted octanol–water partition coefficient (Wildman–Crippen LogP) is 3.08. The Labute approximate surface area is 103 Å². The van der Waals surface area contributed by atoms with Crippen molar-refractivity contribution in [2.75, 3.05) is 18.0 Å². The molecule has 0 aliphatic heterocycles. The van der Waals surface area contributed by atoms with Crippen LogP contribution in [0.25, 0.3) is 0 Å². The van der Waals surface area contributed by atoms with Crippen LogP contribution < -0.4 is 4.90 Å². The van der Waals surface area contributed by atoms with E-state index in [4.69, 9.17) is 5.11 Å². The number of hydrogen-bond donors (Lipinski definition) is 1. The number of hydrogen-bond acceptors (Lipinski definition) is 2. The van der Waals surface area contributed by atoms with Gasteiger partial charge in [-0.1, -0.05) is 12.1 Å². The van der Waals surface area contributed by atoms with Crippen molar-refractivity contribution in [2.45, 2.75) is 33.1 Å². The summed E-state index contributed by atoms with van der Waals surface area (Å²) in [6.45, 7) is 6.09. The molecule has 0 atom stereocenters. The summed E-state index contributed by atoms with van der Waals surface area (Å²) in [5.41, 5.74) is 2.48. The number of nitrogens with zero attached hydrogens (tertiary/aromatic N) is 1. The van der Waals surface area contributed by atoms with Crippen LogP contribution in [-0.4, -0.2) is 24.2 Å². The number of aryl methyl sites for hydroxylation is 1. The Bertz CT molecular complexity index is 363. The van der Waals surface area contributed by atoms with E-state index < -0.39 is 5.97 Å². The summed E-state index contributed by atoms with van der Waals surface area (Å²) in [5.74, 6) is -0.705. The van der Waals surface area contributed by atoms with Crippen molar-refractivity contribution in [3.63, 3.8) is 0 Å². The van der Waals surface area contributed by atoms with E-state index in [9.17, 15) is 4.79 Å². The van der Waals surface area contributed by atoms with Crippen LogP contribution in [0.15, 0.2) is 24.3 Å². The predicted molar refractivity (Wildman–Crippen MR) is 70.6 cm³/mol. The van der Waals surface area contributed by atoms with E-state index in [2.05, 4.69) is 43.0 Å². The maximum atomic E-state index is 10.4. The first kappa shape index (κ1) is 13.6. The molecule has 0 amide bonds. The summed E-state index contributed by atoms with van der Waals surface area (Å²) >= 11 is 0. The van der Waals surface area contributed by atoms with Gasteiger partial charge >= 0.3 is 5.97 Å². The highest BCUT2D eigenvalue weighted by molar-refractivity contribution is 5.66. The minimum absolute atomic E-state index is 0.269. The standard InChI is InChI=1S/C14H21NO2/c1-3-15(10-5-4-9-14(16)17)13-8-6-7-12(2)11-13/h6-8,11H,3-5,9-10H2,1-2H3,(H,16,17). The van der Waals surface area contributed by atoms with E-state index in [1.54, 1.807) is 0 Å². The number of rotatable bonds is 7. The quantitative estimate of drug-likeness (QED) is 0.738. The van der Waals surface area contributed by atoms with E-state index in [0.29, 0.717) is 0 Å². The highest BCUT2D eigenvalue weighted by Crippen LogP contribution is 2.16. The summed E-state index contributed by atoms with van der Waals surface area (Å²) in [4.78, 5) is 12.7. The molecule has 1 aromatic carbocycles. The molecule has 0 heterocycles. The van der Waals surface area contributed by atoms with Crippen molar-refractivity contribution in [3.8, 4) is 0 Å². The van der Waals surface area contributed by atoms with Crippen LogP contribution in [0.1, 0.15) is 31.7 Å². The largest absolute Gasteiger partial charge is 0.481 e. The number of carboxylic acid groups (broad SMARTS) is 1. The smallest absolute Gasteiger partial charge is 0.303 e. The second-order valence-electron chi connectivity index (χ2n) is 4.27. The number of carboxylic acids is 1. The molecule has 0 aliphatic carbocycles. The third kappa shape index (κ3) is 4.89. The van der Waals surface area contributed by atoms with Gasteiger partial charge in [-0.05, 0) is 44.4 Å². The molecule has 0 spiro atoms. The second kappa shape index (κ2) is 6.94. The third-order valence-corrected chi connectivity index (χ3v) is 2.82. The average Bonchev–Trinajstić information content (AvgIpc) is 2.29. The zero-order valence-corrected chi connectivity index (χ0v) is 10.6. The monoisotopic (exact) mass is 235 g/mol. The zero-order valence-electron chi connectivity index (χ0n) is 10.6. The van der Waals surface area contributed by atoms with Crippen molar-refractivity contribution >= 4 is 11.7 Å². The van der Waals surface area contributed by atoms with Crippen molar-refractivity contribution in [3.05, 3.63) is 29.8 Å². The SMILES string of the molecule is CCN(CCCCC(=O)O)c1cccc(C)c1. The molecule has 0 aromatic heterocycles. The van der Waals surface area contributed by atoms with Crippen LogP contribution >= 0.6 is 0 Å². The van der Waals surface area contributed by atoms with E-state index in [1.807, 2.05) is 0 Å². The molecule has 0 fully saturated rings. The molecule has 1 aromatic rings. The molecule has 17 heavy (non-hydrogen) atoms. The summed E-state index contributed by atoms with van der Waals surface area (Å²) in [6, 6.07) is 8.42. The molecule has 3 heteroatoms. The van der Waals surface area contributed by atoms with E-state index in [0.717, 1.165) is 25.9 Å².